The van der Waals surface area contributed by atoms with Crippen LogP contribution in [0, 0.1) is 0 Å². The number of carbonyl (C=O) groups excluding carboxylic acids is 1. The Kier molecular flexibility index (Phi) is 5.39. The molecule has 0 spiro atoms. The van der Waals surface area contributed by atoms with Crippen molar-refractivity contribution in [2.45, 2.75) is 31.1 Å². The lowest BCUT2D eigenvalue weighted by molar-refractivity contribution is 0.103. The Labute approximate surface area is 170 Å². The SMILES string of the molecule is CC(C)(C)c1ccc(S(=O)(=O)Nc2ccc(N)cc2C(=O)c2ccncn2)cc1. The first-order valence-electron chi connectivity index (χ1n) is 8.91. The zero-order chi connectivity index (χ0) is 21.2. The molecule has 1 aromatic heterocycles. The minimum atomic E-state index is -3.90. The van der Waals surface area contributed by atoms with E-state index in [1.165, 1.54) is 36.8 Å². The van der Waals surface area contributed by atoms with Crippen molar-refractivity contribution < 1.29 is 13.2 Å². The molecule has 0 aliphatic rings. The number of aromatic nitrogens is 2. The van der Waals surface area contributed by atoms with E-state index in [0.717, 1.165) is 5.56 Å². The third kappa shape index (κ3) is 4.60. The molecule has 0 saturated carbocycles. The summed E-state index contributed by atoms with van der Waals surface area (Å²) in [6.07, 6.45) is 2.69. The van der Waals surface area contributed by atoms with Gasteiger partial charge in [0.1, 0.15) is 12.0 Å². The lowest BCUT2D eigenvalue weighted by Crippen LogP contribution is -2.17. The van der Waals surface area contributed by atoms with E-state index in [0.29, 0.717) is 5.69 Å². The number of hydrogen-bond donors (Lipinski definition) is 2. The standard InChI is InChI=1S/C21H22N4O3S/c1-21(2,3)14-4-7-16(8-5-14)29(27,28)25-18-9-6-15(22)12-17(18)20(26)19-10-11-23-13-24-19/h4-13,25H,22H2,1-3H3. The van der Waals surface area contributed by atoms with Crippen molar-refractivity contribution >= 4 is 27.2 Å². The number of hydrogen-bond acceptors (Lipinski definition) is 6. The number of nitrogen functional groups attached to an aromatic ring is 1. The number of anilines is 2. The molecule has 0 atom stereocenters. The first kappa shape index (κ1) is 20.5. The van der Waals surface area contributed by atoms with Crippen molar-refractivity contribution in [3.63, 3.8) is 0 Å². The molecule has 8 heteroatoms. The van der Waals surface area contributed by atoms with Gasteiger partial charge in [-0.3, -0.25) is 9.52 Å². The molecule has 0 bridgehead atoms. The van der Waals surface area contributed by atoms with Crippen LogP contribution in [0.15, 0.2) is 66.0 Å². The fraction of sp³-hybridized carbons (Fsp3) is 0.190. The zero-order valence-electron chi connectivity index (χ0n) is 16.4. The maximum Gasteiger partial charge on any atom is 0.261 e. The van der Waals surface area contributed by atoms with Gasteiger partial charge in [0.15, 0.2) is 0 Å². The molecule has 3 rings (SSSR count). The molecule has 1 heterocycles. The molecule has 3 aromatic rings. The fourth-order valence-corrected chi connectivity index (χ4v) is 3.82. The number of carbonyl (C=O) groups is 1. The van der Waals surface area contributed by atoms with Gasteiger partial charge in [-0.1, -0.05) is 32.9 Å². The number of nitrogens with zero attached hydrogens (tertiary/aromatic N) is 2. The van der Waals surface area contributed by atoms with Gasteiger partial charge in [-0.2, -0.15) is 0 Å². The number of nitrogens with two attached hydrogens (primary N) is 1. The molecule has 150 valence electrons. The summed E-state index contributed by atoms with van der Waals surface area (Å²) >= 11 is 0. The van der Waals surface area contributed by atoms with E-state index in [4.69, 9.17) is 5.73 Å². The molecular formula is C21H22N4O3S. The predicted octanol–water partition coefficient (Wildman–Crippen LogP) is 3.39. The van der Waals surface area contributed by atoms with Crippen molar-refractivity contribution in [1.29, 1.82) is 0 Å². The molecule has 0 aliphatic carbocycles. The monoisotopic (exact) mass is 410 g/mol. The first-order valence-corrected chi connectivity index (χ1v) is 10.4. The molecule has 0 unspecified atom stereocenters. The van der Waals surface area contributed by atoms with Gasteiger partial charge in [0.2, 0.25) is 5.78 Å². The van der Waals surface area contributed by atoms with Crippen LogP contribution in [0.2, 0.25) is 0 Å². The van der Waals surface area contributed by atoms with Gasteiger partial charge in [-0.15, -0.1) is 0 Å². The fourth-order valence-electron chi connectivity index (χ4n) is 2.74. The summed E-state index contributed by atoms with van der Waals surface area (Å²) in [5.41, 5.74) is 7.45. The smallest absolute Gasteiger partial charge is 0.261 e. The predicted molar refractivity (Wildman–Crippen MR) is 112 cm³/mol. The van der Waals surface area contributed by atoms with Gasteiger partial charge in [-0.25, -0.2) is 18.4 Å². The summed E-state index contributed by atoms with van der Waals surface area (Å²) in [5, 5.41) is 0. The Bertz CT molecular complexity index is 1140. The molecule has 2 aromatic carbocycles. The van der Waals surface area contributed by atoms with E-state index in [-0.39, 0.29) is 27.3 Å². The zero-order valence-corrected chi connectivity index (χ0v) is 17.2. The maximum absolute atomic E-state index is 12.9. The Balaban J connectivity index is 1.96. The van der Waals surface area contributed by atoms with Crippen molar-refractivity contribution in [2.75, 3.05) is 10.5 Å². The van der Waals surface area contributed by atoms with Crippen LogP contribution in [0.25, 0.3) is 0 Å². The second-order valence-corrected chi connectivity index (χ2v) is 9.29. The highest BCUT2D eigenvalue weighted by Gasteiger charge is 2.21. The molecule has 0 radical (unpaired) electrons. The van der Waals surface area contributed by atoms with Crippen LogP contribution in [-0.4, -0.2) is 24.2 Å². The minimum Gasteiger partial charge on any atom is -0.399 e. The van der Waals surface area contributed by atoms with Crippen LogP contribution in [0.1, 0.15) is 42.4 Å². The largest absolute Gasteiger partial charge is 0.399 e. The second-order valence-electron chi connectivity index (χ2n) is 7.61. The Morgan fingerprint density at radius 1 is 1.03 bits per heavy atom. The van der Waals surface area contributed by atoms with Gasteiger partial charge in [0.05, 0.1) is 16.1 Å². The summed E-state index contributed by atoms with van der Waals surface area (Å²) in [5.74, 6) is -0.458. The maximum atomic E-state index is 12.9. The van der Waals surface area contributed by atoms with Crippen LogP contribution in [-0.2, 0) is 15.4 Å². The Morgan fingerprint density at radius 3 is 2.31 bits per heavy atom. The van der Waals surface area contributed by atoms with Crippen LogP contribution in [0.5, 0.6) is 0 Å². The van der Waals surface area contributed by atoms with Gasteiger partial charge in [-0.05, 0) is 47.4 Å². The topological polar surface area (TPSA) is 115 Å². The van der Waals surface area contributed by atoms with E-state index >= 15 is 0 Å². The van der Waals surface area contributed by atoms with Crippen molar-refractivity contribution in [2.24, 2.45) is 0 Å². The van der Waals surface area contributed by atoms with Crippen LogP contribution < -0.4 is 10.5 Å². The lowest BCUT2D eigenvalue weighted by atomic mass is 9.87. The molecule has 0 aliphatic heterocycles. The van der Waals surface area contributed by atoms with Crippen molar-refractivity contribution in [3.8, 4) is 0 Å². The summed E-state index contributed by atoms with van der Waals surface area (Å²) < 4.78 is 28.3. The number of rotatable bonds is 5. The average Bonchev–Trinajstić information content (AvgIpc) is 2.69. The number of nitrogens with one attached hydrogen (secondary N) is 1. The third-order valence-corrected chi connectivity index (χ3v) is 5.76. The van der Waals surface area contributed by atoms with Crippen molar-refractivity contribution in [3.05, 3.63) is 77.9 Å². The van der Waals surface area contributed by atoms with E-state index in [2.05, 4.69) is 14.7 Å². The lowest BCUT2D eigenvalue weighted by Gasteiger charge is -2.19. The van der Waals surface area contributed by atoms with E-state index in [1.54, 1.807) is 24.3 Å². The van der Waals surface area contributed by atoms with E-state index in [1.807, 2.05) is 20.8 Å². The summed E-state index contributed by atoms with van der Waals surface area (Å²) in [6, 6.07) is 12.5. The van der Waals surface area contributed by atoms with Gasteiger partial charge >= 0.3 is 0 Å². The summed E-state index contributed by atoms with van der Waals surface area (Å²) in [7, 11) is -3.90. The Hall–Kier alpha value is -3.26. The highest BCUT2D eigenvalue weighted by molar-refractivity contribution is 7.92. The third-order valence-electron chi connectivity index (χ3n) is 4.38. The molecule has 0 saturated heterocycles. The van der Waals surface area contributed by atoms with Crippen LogP contribution >= 0.6 is 0 Å². The van der Waals surface area contributed by atoms with E-state index < -0.39 is 15.8 Å². The number of sulfonamides is 1. The highest BCUT2D eigenvalue weighted by Crippen LogP contribution is 2.27. The molecular weight excluding hydrogens is 388 g/mol. The molecule has 29 heavy (non-hydrogen) atoms. The first-order chi connectivity index (χ1) is 13.6. The number of benzene rings is 2. The van der Waals surface area contributed by atoms with Crippen LogP contribution in [0.4, 0.5) is 11.4 Å². The molecule has 0 amide bonds. The quantitative estimate of drug-likeness (QED) is 0.492. The van der Waals surface area contributed by atoms with Gasteiger partial charge in [0.25, 0.3) is 10.0 Å². The molecule has 3 N–H and O–H groups in total. The second kappa shape index (κ2) is 7.63. The van der Waals surface area contributed by atoms with Gasteiger partial charge in [0, 0.05) is 11.9 Å². The van der Waals surface area contributed by atoms with Gasteiger partial charge < -0.3 is 5.73 Å². The average molecular weight is 410 g/mol. The van der Waals surface area contributed by atoms with Crippen LogP contribution in [0.3, 0.4) is 0 Å². The highest BCUT2D eigenvalue weighted by atomic mass is 32.2. The van der Waals surface area contributed by atoms with E-state index in [9.17, 15) is 13.2 Å². The minimum absolute atomic E-state index is 0.0934. The van der Waals surface area contributed by atoms with Crippen molar-refractivity contribution in [1.82, 2.24) is 9.97 Å². The molecule has 7 nitrogen and oxygen atoms in total. The number of ketones is 1. The summed E-state index contributed by atoms with van der Waals surface area (Å²) in [4.78, 5) is 20.6. The normalized spacial score (nSPS) is 11.8. The summed E-state index contributed by atoms with van der Waals surface area (Å²) in [6.45, 7) is 6.15. The Morgan fingerprint density at radius 2 is 1.72 bits per heavy atom. The molecule has 0 fully saturated rings.